The summed E-state index contributed by atoms with van der Waals surface area (Å²) in [5.74, 6) is -0.736. The molecule has 0 amide bonds. The summed E-state index contributed by atoms with van der Waals surface area (Å²) in [4.78, 5) is 12.2. The Hall–Kier alpha value is -2.84. The van der Waals surface area contributed by atoms with Gasteiger partial charge in [-0.2, -0.15) is 5.10 Å². The number of anilines is 2. The fraction of sp³-hybridized carbons (Fsp3) is 0.353. The molecular formula is C17H15F3N6. The van der Waals surface area contributed by atoms with Crippen molar-refractivity contribution in [1.82, 2.24) is 20.2 Å². The molecule has 0 bridgehead atoms. The summed E-state index contributed by atoms with van der Waals surface area (Å²) in [5.41, 5.74) is 0.163. The van der Waals surface area contributed by atoms with Crippen LogP contribution in [-0.2, 0) is 0 Å². The fourth-order valence-electron chi connectivity index (χ4n) is 3.77. The van der Waals surface area contributed by atoms with Crippen molar-refractivity contribution in [3.05, 3.63) is 42.0 Å². The Balaban J connectivity index is 1.48. The monoisotopic (exact) mass is 360 g/mol. The summed E-state index contributed by atoms with van der Waals surface area (Å²) in [6.07, 6.45) is 4.17. The van der Waals surface area contributed by atoms with E-state index in [1.165, 1.54) is 6.07 Å². The maximum Gasteiger partial charge on any atom is 0.225 e. The van der Waals surface area contributed by atoms with Gasteiger partial charge in [0.25, 0.3) is 0 Å². The lowest BCUT2D eigenvalue weighted by Gasteiger charge is -2.42. The molecule has 3 aromatic rings. The molecule has 2 fully saturated rings. The molecule has 9 heteroatoms. The van der Waals surface area contributed by atoms with Gasteiger partial charge in [0.2, 0.25) is 5.95 Å². The van der Waals surface area contributed by atoms with Crippen molar-refractivity contribution in [2.24, 2.45) is 0 Å². The van der Waals surface area contributed by atoms with E-state index < -0.39 is 17.5 Å². The van der Waals surface area contributed by atoms with Crippen LogP contribution in [0.15, 0.2) is 24.5 Å². The zero-order valence-electron chi connectivity index (χ0n) is 13.7. The average Bonchev–Trinajstić information content (AvgIpc) is 3.24. The minimum absolute atomic E-state index is 0.182. The number of H-pyrrole nitrogens is 1. The van der Waals surface area contributed by atoms with Gasteiger partial charge in [-0.25, -0.2) is 23.1 Å². The van der Waals surface area contributed by atoms with Crippen LogP contribution < -0.4 is 9.80 Å². The van der Waals surface area contributed by atoms with Crippen molar-refractivity contribution >= 4 is 22.7 Å². The lowest BCUT2D eigenvalue weighted by molar-refractivity contribution is 0.497. The third-order valence-electron chi connectivity index (χ3n) is 5.18. The summed E-state index contributed by atoms with van der Waals surface area (Å²) in [6, 6.07) is 2.13. The molecule has 2 aliphatic rings. The van der Waals surface area contributed by atoms with Crippen molar-refractivity contribution in [3.63, 3.8) is 0 Å². The molecule has 1 aromatic carbocycles. The number of benzene rings is 1. The predicted molar refractivity (Wildman–Crippen MR) is 89.5 cm³/mol. The van der Waals surface area contributed by atoms with E-state index >= 15 is 0 Å². The van der Waals surface area contributed by atoms with E-state index in [2.05, 4.69) is 25.1 Å². The average molecular weight is 360 g/mol. The fourth-order valence-corrected chi connectivity index (χ4v) is 3.77. The van der Waals surface area contributed by atoms with E-state index in [0.29, 0.717) is 42.3 Å². The number of fused-ring (bicyclic) bond motifs is 1. The Morgan fingerprint density at radius 2 is 1.77 bits per heavy atom. The third-order valence-corrected chi connectivity index (χ3v) is 5.18. The van der Waals surface area contributed by atoms with E-state index in [1.807, 2.05) is 4.90 Å². The Bertz CT molecular complexity index is 982. The highest BCUT2D eigenvalue weighted by Gasteiger charge is 2.53. The second kappa shape index (κ2) is 5.33. The van der Waals surface area contributed by atoms with Crippen LogP contribution in [0.25, 0.3) is 10.9 Å². The summed E-state index contributed by atoms with van der Waals surface area (Å²) in [7, 11) is 0. The molecule has 1 saturated carbocycles. The highest BCUT2D eigenvalue weighted by Crippen LogP contribution is 2.48. The molecule has 2 aromatic heterocycles. The molecule has 0 radical (unpaired) electrons. The summed E-state index contributed by atoms with van der Waals surface area (Å²) >= 11 is 0. The normalized spacial score (nSPS) is 18.7. The zero-order valence-corrected chi connectivity index (χ0v) is 13.7. The quantitative estimate of drug-likeness (QED) is 0.761. The van der Waals surface area contributed by atoms with E-state index in [1.54, 1.807) is 0 Å². The molecule has 26 heavy (non-hydrogen) atoms. The molecule has 1 aliphatic carbocycles. The van der Waals surface area contributed by atoms with Crippen LogP contribution >= 0.6 is 0 Å². The molecule has 6 nitrogen and oxygen atoms in total. The van der Waals surface area contributed by atoms with Crippen molar-refractivity contribution < 1.29 is 13.2 Å². The molecule has 3 heterocycles. The number of hydrogen-bond donors (Lipinski definition) is 1. The minimum atomic E-state index is -0.635. The Kier molecular flexibility index (Phi) is 3.16. The maximum atomic E-state index is 14.4. The van der Waals surface area contributed by atoms with E-state index in [9.17, 15) is 13.2 Å². The molecule has 0 atom stereocenters. The molecule has 1 spiro atoms. The number of rotatable bonds is 2. The topological polar surface area (TPSA) is 60.9 Å². The highest BCUT2D eigenvalue weighted by molar-refractivity contribution is 5.91. The first-order valence-corrected chi connectivity index (χ1v) is 8.39. The van der Waals surface area contributed by atoms with Gasteiger partial charge in [0.05, 0.1) is 28.8 Å². The number of aromatic nitrogens is 4. The number of halogens is 3. The molecule has 5 rings (SSSR count). The molecule has 0 unspecified atom stereocenters. The second-order valence-electron chi connectivity index (χ2n) is 6.86. The Morgan fingerprint density at radius 3 is 2.50 bits per heavy atom. The number of nitrogens with zero attached hydrogens (tertiary/aromatic N) is 5. The zero-order chi connectivity index (χ0) is 17.9. The van der Waals surface area contributed by atoms with Gasteiger partial charge in [-0.05, 0) is 18.9 Å². The van der Waals surface area contributed by atoms with Crippen molar-refractivity contribution in [1.29, 1.82) is 0 Å². The van der Waals surface area contributed by atoms with Gasteiger partial charge >= 0.3 is 0 Å². The Labute approximate surface area is 146 Å². The van der Waals surface area contributed by atoms with Gasteiger partial charge < -0.3 is 9.80 Å². The van der Waals surface area contributed by atoms with Gasteiger partial charge in [-0.1, -0.05) is 0 Å². The van der Waals surface area contributed by atoms with E-state index in [-0.39, 0.29) is 5.54 Å². The lowest BCUT2D eigenvalue weighted by Crippen LogP contribution is -2.56. The largest absolute Gasteiger partial charge is 0.345 e. The second-order valence-corrected chi connectivity index (χ2v) is 6.86. The van der Waals surface area contributed by atoms with Gasteiger partial charge in [0.1, 0.15) is 11.6 Å². The van der Waals surface area contributed by atoms with Crippen molar-refractivity contribution in [2.45, 2.75) is 18.4 Å². The SMILES string of the molecule is Fc1cnc(N2CCN(c3n[nH]c4cc(F)cc(F)c34)C3(CC3)C2)nc1. The first kappa shape index (κ1) is 15.4. The smallest absolute Gasteiger partial charge is 0.225 e. The summed E-state index contributed by atoms with van der Waals surface area (Å²) < 4.78 is 40.8. The van der Waals surface area contributed by atoms with Crippen LogP contribution in [-0.4, -0.2) is 45.3 Å². The lowest BCUT2D eigenvalue weighted by atomic mass is 10.1. The van der Waals surface area contributed by atoms with Crippen LogP contribution in [0.5, 0.6) is 0 Å². The van der Waals surface area contributed by atoms with Gasteiger partial charge in [-0.3, -0.25) is 5.10 Å². The number of nitrogens with one attached hydrogen (secondary N) is 1. The molecule has 1 aliphatic heterocycles. The third kappa shape index (κ3) is 2.30. The molecule has 1 N–H and O–H groups in total. The van der Waals surface area contributed by atoms with Crippen LogP contribution in [0, 0.1) is 17.5 Å². The summed E-state index contributed by atoms with van der Waals surface area (Å²) in [5, 5.41) is 7.30. The van der Waals surface area contributed by atoms with Crippen molar-refractivity contribution in [3.8, 4) is 0 Å². The minimum Gasteiger partial charge on any atom is -0.345 e. The molecular weight excluding hydrogens is 345 g/mol. The van der Waals surface area contributed by atoms with E-state index in [4.69, 9.17) is 0 Å². The van der Waals surface area contributed by atoms with E-state index in [0.717, 1.165) is 31.3 Å². The summed E-state index contributed by atoms with van der Waals surface area (Å²) in [6.45, 7) is 1.85. The van der Waals surface area contributed by atoms with Gasteiger partial charge in [-0.15, -0.1) is 0 Å². The van der Waals surface area contributed by atoms with Crippen LogP contribution in [0.1, 0.15) is 12.8 Å². The Morgan fingerprint density at radius 1 is 1.00 bits per heavy atom. The maximum absolute atomic E-state index is 14.4. The van der Waals surface area contributed by atoms with Crippen LogP contribution in [0.4, 0.5) is 24.9 Å². The first-order valence-electron chi connectivity index (χ1n) is 8.39. The molecule has 134 valence electrons. The number of piperazine rings is 1. The standard InChI is InChI=1S/C17H15F3N6/c18-10-5-12(20)14-13(6-10)23-24-15(14)26-4-3-25(9-17(26)1-2-17)16-21-7-11(19)8-22-16/h5-8H,1-4,9H2,(H,23,24). The highest BCUT2D eigenvalue weighted by atomic mass is 19.1. The van der Waals surface area contributed by atoms with Crippen LogP contribution in [0.3, 0.4) is 0 Å². The van der Waals surface area contributed by atoms with Crippen molar-refractivity contribution in [2.75, 3.05) is 29.4 Å². The predicted octanol–water partition coefficient (Wildman–Crippen LogP) is 2.63. The van der Waals surface area contributed by atoms with Gasteiger partial charge in [0.15, 0.2) is 11.6 Å². The number of hydrogen-bond acceptors (Lipinski definition) is 5. The number of aromatic amines is 1. The molecule has 1 saturated heterocycles. The van der Waals surface area contributed by atoms with Gasteiger partial charge in [0, 0.05) is 25.7 Å². The first-order chi connectivity index (χ1) is 12.6. The van der Waals surface area contributed by atoms with Crippen LogP contribution in [0.2, 0.25) is 0 Å².